The van der Waals surface area contributed by atoms with Gasteiger partial charge in [0.25, 0.3) is 5.69 Å². The van der Waals surface area contributed by atoms with Crippen LogP contribution in [0.25, 0.3) is 0 Å². The molecule has 7 heteroatoms. The molecule has 17 heavy (non-hydrogen) atoms. The quantitative estimate of drug-likeness (QED) is 0.450. The Kier molecular flexibility index (Phi) is 4.00. The number of aromatic nitrogens is 1. The molecular formula is C10H9N3O4. The van der Waals surface area contributed by atoms with Crippen LogP contribution in [0.3, 0.4) is 0 Å². The molecule has 7 nitrogen and oxygen atoms in total. The molecule has 1 amide bonds. The van der Waals surface area contributed by atoms with Gasteiger partial charge in [-0.1, -0.05) is 11.8 Å². The van der Waals surface area contributed by atoms with Crippen molar-refractivity contribution in [1.29, 1.82) is 0 Å². The van der Waals surface area contributed by atoms with Crippen LogP contribution < -0.4 is 5.32 Å². The number of carboxylic acid groups (broad SMARTS) is 1. The number of nitrogens with zero attached hydrogens (tertiary/aromatic N) is 2. The summed E-state index contributed by atoms with van der Waals surface area (Å²) < 4.78 is 0. The summed E-state index contributed by atoms with van der Waals surface area (Å²) in [5, 5.41) is 21.0. The predicted molar refractivity (Wildman–Crippen MR) is 58.5 cm³/mol. The van der Waals surface area contributed by atoms with Crippen LogP contribution in [0.5, 0.6) is 0 Å². The number of carbonyl (C=O) groups is 1. The van der Waals surface area contributed by atoms with Crippen LogP contribution >= 0.6 is 0 Å². The Labute approximate surface area is 96.6 Å². The van der Waals surface area contributed by atoms with Gasteiger partial charge in [-0.05, 0) is 6.92 Å². The van der Waals surface area contributed by atoms with Crippen molar-refractivity contribution in [2.75, 3.05) is 6.54 Å². The summed E-state index contributed by atoms with van der Waals surface area (Å²) in [5.41, 5.74) is 0.571. The molecule has 1 aromatic rings. The third-order valence-corrected chi connectivity index (χ3v) is 1.82. The summed E-state index contributed by atoms with van der Waals surface area (Å²) >= 11 is 0. The fraction of sp³-hybridized carbons (Fsp3) is 0.200. The first kappa shape index (κ1) is 12.4. The Bertz CT molecular complexity index is 516. The van der Waals surface area contributed by atoms with Gasteiger partial charge in [-0.2, -0.15) is 0 Å². The minimum absolute atomic E-state index is 0.0446. The molecule has 0 aliphatic rings. The average molecular weight is 235 g/mol. The molecule has 0 aliphatic heterocycles. The van der Waals surface area contributed by atoms with E-state index >= 15 is 0 Å². The highest BCUT2D eigenvalue weighted by molar-refractivity contribution is 5.64. The van der Waals surface area contributed by atoms with Crippen molar-refractivity contribution in [2.24, 2.45) is 0 Å². The second-order valence-corrected chi connectivity index (χ2v) is 3.05. The molecule has 2 N–H and O–H groups in total. The van der Waals surface area contributed by atoms with Gasteiger partial charge in [0.1, 0.15) is 5.69 Å². The maximum absolute atomic E-state index is 10.6. The molecule has 0 unspecified atom stereocenters. The Hall–Kier alpha value is -2.62. The second-order valence-electron chi connectivity index (χ2n) is 3.05. The topological polar surface area (TPSA) is 105 Å². The first-order valence-corrected chi connectivity index (χ1v) is 4.57. The molecular weight excluding hydrogens is 226 g/mol. The zero-order valence-electron chi connectivity index (χ0n) is 8.93. The van der Waals surface area contributed by atoms with Gasteiger partial charge in [0.05, 0.1) is 11.5 Å². The van der Waals surface area contributed by atoms with E-state index in [1.165, 1.54) is 19.2 Å². The molecule has 1 aromatic heterocycles. The Morgan fingerprint density at radius 3 is 3.00 bits per heavy atom. The standard InChI is InChI=1S/C10H9N3O4/c1-7-9(13(16)17)5-8(6-12-7)3-2-4-11-10(14)15/h5-6,11H,4H2,1H3,(H,14,15). The van der Waals surface area contributed by atoms with Crippen molar-refractivity contribution in [2.45, 2.75) is 6.92 Å². The third kappa shape index (κ3) is 3.79. The van der Waals surface area contributed by atoms with E-state index in [9.17, 15) is 14.9 Å². The minimum atomic E-state index is -1.17. The minimum Gasteiger partial charge on any atom is -0.465 e. The lowest BCUT2D eigenvalue weighted by Crippen LogP contribution is -2.20. The van der Waals surface area contributed by atoms with E-state index in [-0.39, 0.29) is 12.2 Å². The first-order valence-electron chi connectivity index (χ1n) is 4.57. The number of nitrogens with one attached hydrogen (secondary N) is 1. The van der Waals surface area contributed by atoms with Crippen LogP contribution in [0, 0.1) is 28.9 Å². The van der Waals surface area contributed by atoms with E-state index < -0.39 is 11.0 Å². The second kappa shape index (κ2) is 5.46. The molecule has 0 atom stereocenters. The van der Waals surface area contributed by atoms with E-state index in [4.69, 9.17) is 5.11 Å². The van der Waals surface area contributed by atoms with E-state index in [1.54, 1.807) is 0 Å². The van der Waals surface area contributed by atoms with Crippen LogP contribution in [0.15, 0.2) is 12.3 Å². The van der Waals surface area contributed by atoms with Gasteiger partial charge in [0, 0.05) is 17.8 Å². The van der Waals surface area contributed by atoms with Crippen molar-refractivity contribution in [3.05, 3.63) is 33.6 Å². The molecule has 1 rings (SSSR count). The van der Waals surface area contributed by atoms with Crippen LogP contribution in [0.4, 0.5) is 10.5 Å². The predicted octanol–water partition coefficient (Wildman–Crippen LogP) is 0.917. The summed E-state index contributed by atoms with van der Waals surface area (Å²) in [5.74, 6) is 5.09. The van der Waals surface area contributed by atoms with Gasteiger partial charge >= 0.3 is 6.09 Å². The summed E-state index contributed by atoms with van der Waals surface area (Å²) in [7, 11) is 0. The lowest BCUT2D eigenvalue weighted by Gasteiger charge is -1.96. The van der Waals surface area contributed by atoms with Gasteiger partial charge in [-0.3, -0.25) is 15.1 Å². The molecule has 0 saturated heterocycles. The van der Waals surface area contributed by atoms with Gasteiger partial charge in [0.2, 0.25) is 0 Å². The average Bonchev–Trinajstić information content (AvgIpc) is 2.25. The number of amides is 1. The van der Waals surface area contributed by atoms with Crippen molar-refractivity contribution in [1.82, 2.24) is 10.3 Å². The highest BCUT2D eigenvalue weighted by atomic mass is 16.6. The van der Waals surface area contributed by atoms with Crippen molar-refractivity contribution in [3.63, 3.8) is 0 Å². The lowest BCUT2D eigenvalue weighted by atomic mass is 10.2. The Morgan fingerprint density at radius 1 is 1.71 bits per heavy atom. The molecule has 0 bridgehead atoms. The molecule has 0 aromatic carbocycles. The number of hydrogen-bond acceptors (Lipinski definition) is 4. The van der Waals surface area contributed by atoms with Crippen LogP contribution in [-0.4, -0.2) is 27.7 Å². The zero-order valence-corrected chi connectivity index (χ0v) is 8.93. The normalized spacial score (nSPS) is 9.00. The summed E-state index contributed by atoms with van der Waals surface area (Å²) in [6.07, 6.45) is 0.225. The highest BCUT2D eigenvalue weighted by Gasteiger charge is 2.11. The van der Waals surface area contributed by atoms with Crippen LogP contribution in [0.2, 0.25) is 0 Å². The number of nitro groups is 1. The molecule has 0 spiro atoms. The van der Waals surface area contributed by atoms with E-state index in [0.717, 1.165) is 0 Å². The van der Waals surface area contributed by atoms with Crippen molar-refractivity contribution in [3.8, 4) is 11.8 Å². The largest absolute Gasteiger partial charge is 0.465 e. The fourth-order valence-electron chi connectivity index (χ4n) is 1.04. The van der Waals surface area contributed by atoms with Gasteiger partial charge in [-0.15, -0.1) is 0 Å². The SMILES string of the molecule is Cc1ncc(C#CCNC(=O)O)cc1[N+](=O)[O-]. The Balaban J connectivity index is 2.82. The maximum atomic E-state index is 10.6. The fourth-order valence-corrected chi connectivity index (χ4v) is 1.04. The van der Waals surface area contributed by atoms with E-state index in [1.807, 2.05) is 0 Å². The zero-order chi connectivity index (χ0) is 12.8. The number of pyridine rings is 1. The molecule has 1 heterocycles. The highest BCUT2D eigenvalue weighted by Crippen LogP contribution is 2.15. The van der Waals surface area contributed by atoms with E-state index in [0.29, 0.717) is 11.3 Å². The third-order valence-electron chi connectivity index (χ3n) is 1.82. The molecule has 0 saturated carbocycles. The summed E-state index contributed by atoms with van der Waals surface area (Å²) in [4.78, 5) is 24.0. The van der Waals surface area contributed by atoms with Gasteiger partial charge in [-0.25, -0.2) is 4.79 Å². The number of rotatable bonds is 2. The molecule has 0 fully saturated rings. The summed E-state index contributed by atoms with van der Waals surface area (Å²) in [6, 6.07) is 1.30. The molecule has 0 radical (unpaired) electrons. The molecule has 0 aliphatic carbocycles. The van der Waals surface area contributed by atoms with E-state index in [2.05, 4.69) is 22.1 Å². The number of hydrogen-bond donors (Lipinski definition) is 2. The first-order chi connectivity index (χ1) is 8.00. The number of aryl methyl sites for hydroxylation is 1. The van der Waals surface area contributed by atoms with Gasteiger partial charge < -0.3 is 10.4 Å². The monoisotopic (exact) mass is 235 g/mol. The maximum Gasteiger partial charge on any atom is 0.405 e. The smallest absolute Gasteiger partial charge is 0.405 e. The summed E-state index contributed by atoms with van der Waals surface area (Å²) in [6.45, 7) is 1.48. The van der Waals surface area contributed by atoms with Crippen LogP contribution in [-0.2, 0) is 0 Å². The van der Waals surface area contributed by atoms with Crippen LogP contribution in [0.1, 0.15) is 11.3 Å². The molecule has 88 valence electrons. The lowest BCUT2D eigenvalue weighted by molar-refractivity contribution is -0.385. The Morgan fingerprint density at radius 2 is 2.41 bits per heavy atom. The van der Waals surface area contributed by atoms with Crippen molar-refractivity contribution < 1.29 is 14.8 Å². The van der Waals surface area contributed by atoms with Gasteiger partial charge in [0.15, 0.2) is 0 Å². The van der Waals surface area contributed by atoms with Crippen molar-refractivity contribution >= 4 is 11.8 Å².